The zero-order valence-electron chi connectivity index (χ0n) is 43.2. The Morgan fingerprint density at radius 2 is 0.451 bits per heavy atom. The molecule has 0 aromatic heterocycles. The lowest BCUT2D eigenvalue weighted by Crippen LogP contribution is -2.68. The predicted octanol–water partition coefficient (Wildman–Crippen LogP) is -14.0. The topological polar surface area (TPSA) is 571 Å². The van der Waals surface area contributed by atoms with Crippen LogP contribution in [0.3, 0.4) is 0 Å². The van der Waals surface area contributed by atoms with E-state index in [0.717, 1.165) is 0 Å². The van der Waals surface area contributed by atoms with Crippen LogP contribution in [0.1, 0.15) is 6.92 Å². The van der Waals surface area contributed by atoms with Crippen LogP contribution in [-0.4, -0.2) is 379 Å². The maximum absolute atomic E-state index is 11.9. The SMILES string of the molecule is CC(SC[C@H]1O[C@@H]2O[C@H]3[C@H](O)[C@@H](O)[C@@H](O[C@H]4[C@H](O)[C@@H](O)[C@@H](O[C@H]5[C@H](O)[C@@H](O)[C@@H](O[C@H]6[C@H](O)[C@@H](O)[C@@H](O[C@H]7[C@H](O)[C@@H](O)[C@@H](O[C@H]8[C@H](O)[C@@H](O)[C@@H](O[C@H]1[C@H](O)[C@H]2O)O[C@@H]8CO)O[C@@H]7CO)O[C@@H]6CO)O[C@@H]5CO)O[C@@H]4CO)O[C@@H]3CO)C(=O)O. The molecule has 21 aliphatic heterocycles. The molecule has 476 valence electrons. The average molecular weight is 1220 g/mol. The number of thioether (sulfide) groups is 1. The van der Waals surface area contributed by atoms with E-state index in [1.165, 1.54) is 6.92 Å². The lowest BCUT2D eigenvalue weighted by Gasteiger charge is -2.50. The molecule has 0 spiro atoms. The normalized spacial score (nSPS) is 53.1. The molecule has 14 bridgehead atoms. The highest BCUT2D eigenvalue weighted by Gasteiger charge is 2.59. The maximum atomic E-state index is 11.9. The molecule has 36 nitrogen and oxygen atoms in total. The van der Waals surface area contributed by atoms with E-state index < -0.39 is 272 Å². The summed E-state index contributed by atoms with van der Waals surface area (Å²) in [7, 11) is 0. The van der Waals surface area contributed by atoms with Gasteiger partial charge in [-0.3, -0.25) is 4.79 Å². The highest BCUT2D eigenvalue weighted by Crippen LogP contribution is 2.39. The van der Waals surface area contributed by atoms with Crippen LogP contribution in [0.4, 0.5) is 0 Å². The van der Waals surface area contributed by atoms with Crippen LogP contribution in [-0.2, 0) is 71.1 Å². The zero-order valence-corrected chi connectivity index (χ0v) is 44.0. The number of carboxylic acid groups (broad SMARTS) is 1. The lowest BCUT2D eigenvalue weighted by atomic mass is 9.95. The molecular weight excluding hydrogens is 1150 g/mol. The van der Waals surface area contributed by atoms with Gasteiger partial charge < -0.3 is 174 Å². The van der Waals surface area contributed by atoms with E-state index >= 15 is 0 Å². The van der Waals surface area contributed by atoms with Gasteiger partial charge in [0, 0.05) is 5.75 Å². The summed E-state index contributed by atoms with van der Waals surface area (Å²) in [5.41, 5.74) is 0. The van der Waals surface area contributed by atoms with Gasteiger partial charge in [-0.2, -0.15) is 0 Å². The summed E-state index contributed by atoms with van der Waals surface area (Å²) in [6.45, 7) is -5.10. The van der Waals surface area contributed by atoms with Crippen molar-refractivity contribution in [3.05, 3.63) is 0 Å². The van der Waals surface area contributed by atoms with Crippen LogP contribution in [0, 0.1) is 0 Å². The van der Waals surface area contributed by atoms with E-state index in [4.69, 9.17) is 66.3 Å². The smallest absolute Gasteiger partial charge is 0.316 e. The van der Waals surface area contributed by atoms with E-state index in [0.29, 0.717) is 11.8 Å². The first-order valence-corrected chi connectivity index (χ1v) is 27.2. The van der Waals surface area contributed by atoms with Crippen LogP contribution in [0.15, 0.2) is 0 Å². The Labute approximate surface area is 467 Å². The molecular formula is C45H74O36S. The molecule has 36 atom stereocenters. The minimum Gasteiger partial charge on any atom is -0.480 e. The standard InChI is InChI=1S/C45H74O36S/c1-9(38(66)67)82-8-16-37-23(58)30(65)45(74-16)80-36-15(7-51)72-43(28(63)21(36)56)78-34-13(5-49)70-41(26(61)19(34)54)76-32-11(3-47)68-39(24(59)17(32)52)75-31-10(2-46)69-40(25(60)18(31)53)77-33-12(4-48)71-42(27(62)20(33)55)79-35-14(6-50)73-44(81-37)29(64)22(35)57/h9-37,39-65H,2-8H2,1H3,(H,66,67)/t9?,10-,11-,12-,13-,14-,15-,16-,17-,18-,19-,20-,21-,22-,23-,24-,25-,26-,27-,28-,29-,30-,31-,32-,33-,34-,35-,36-,37-,39-,40-,41-,42-,43-,44-,45-/m1/s1. The summed E-state index contributed by atoms with van der Waals surface area (Å²) in [6, 6.07) is 0. The quantitative estimate of drug-likeness (QED) is 0.0966. The molecule has 37 heteroatoms. The second kappa shape index (κ2) is 28.3. The Morgan fingerprint density at radius 1 is 0.293 bits per heavy atom. The van der Waals surface area contributed by atoms with Crippen LogP contribution in [0.2, 0.25) is 0 Å². The van der Waals surface area contributed by atoms with Crippen molar-refractivity contribution in [1.29, 1.82) is 0 Å². The van der Waals surface area contributed by atoms with Gasteiger partial charge in [0.25, 0.3) is 0 Å². The molecule has 0 aromatic carbocycles. The summed E-state index contributed by atoms with van der Waals surface area (Å²) < 4.78 is 80.5. The number of ether oxygens (including phenoxy) is 14. The molecule has 82 heavy (non-hydrogen) atoms. The van der Waals surface area contributed by atoms with Gasteiger partial charge in [0.2, 0.25) is 0 Å². The van der Waals surface area contributed by atoms with Crippen LogP contribution in [0.25, 0.3) is 0 Å². The highest BCUT2D eigenvalue weighted by atomic mass is 32.2. The fourth-order valence-electron chi connectivity index (χ4n) is 10.7. The van der Waals surface area contributed by atoms with Gasteiger partial charge in [-0.15, -0.1) is 11.8 Å². The number of carbonyl (C=O) groups is 1. The zero-order chi connectivity index (χ0) is 59.9. The molecule has 21 saturated heterocycles. The predicted molar refractivity (Wildman–Crippen MR) is 251 cm³/mol. The first-order valence-electron chi connectivity index (χ1n) is 26.1. The van der Waals surface area contributed by atoms with Gasteiger partial charge >= 0.3 is 5.97 Å². The molecule has 21 rings (SSSR count). The van der Waals surface area contributed by atoms with E-state index in [1.807, 2.05) is 0 Å². The van der Waals surface area contributed by atoms with Gasteiger partial charge in [0.15, 0.2) is 44.0 Å². The number of aliphatic hydroxyl groups excluding tert-OH is 20. The molecule has 0 aliphatic carbocycles. The third-order valence-electron chi connectivity index (χ3n) is 15.5. The van der Waals surface area contributed by atoms with Gasteiger partial charge in [0.05, 0.1) is 51.0 Å². The van der Waals surface area contributed by atoms with Gasteiger partial charge in [-0.25, -0.2) is 0 Å². The monoisotopic (exact) mass is 1220 g/mol. The molecule has 21 heterocycles. The molecule has 0 radical (unpaired) electrons. The molecule has 0 amide bonds. The van der Waals surface area contributed by atoms with Crippen molar-refractivity contribution < 1.29 is 178 Å². The molecule has 1 unspecified atom stereocenters. The van der Waals surface area contributed by atoms with E-state index in [-0.39, 0.29) is 0 Å². The summed E-state index contributed by atoms with van der Waals surface area (Å²) in [4.78, 5) is 11.9. The summed E-state index contributed by atoms with van der Waals surface area (Å²) in [6.07, 6.45) is -70.8. The van der Waals surface area contributed by atoms with Crippen molar-refractivity contribution in [3.8, 4) is 0 Å². The first-order chi connectivity index (χ1) is 38.9. The number of hydrogen-bond donors (Lipinski definition) is 21. The second-order valence-electron chi connectivity index (χ2n) is 20.8. The third-order valence-corrected chi connectivity index (χ3v) is 16.7. The lowest BCUT2D eigenvalue weighted by molar-refractivity contribution is -0.396. The molecule has 21 aliphatic rings. The molecule has 0 saturated carbocycles. The Morgan fingerprint density at radius 3 is 0.610 bits per heavy atom. The van der Waals surface area contributed by atoms with Crippen molar-refractivity contribution >= 4 is 17.7 Å². The second-order valence-corrected chi connectivity index (χ2v) is 22.2. The highest BCUT2D eigenvalue weighted by molar-refractivity contribution is 8.00. The van der Waals surface area contributed by atoms with Crippen molar-refractivity contribution in [2.45, 2.75) is 227 Å². The number of carboxylic acids is 1. The number of aliphatic hydroxyl groups is 20. The Kier molecular flexibility index (Phi) is 22.9. The number of hydrogen-bond acceptors (Lipinski definition) is 36. The summed E-state index contributed by atoms with van der Waals surface area (Å²) in [5.74, 6) is -1.74. The molecule has 21 fully saturated rings. The third kappa shape index (κ3) is 13.4. The number of rotatable bonds is 10. The van der Waals surface area contributed by atoms with Crippen LogP contribution in [0.5, 0.6) is 0 Å². The fourth-order valence-corrected chi connectivity index (χ4v) is 11.6. The Bertz CT molecular complexity index is 1990. The van der Waals surface area contributed by atoms with Gasteiger partial charge in [-0.05, 0) is 6.92 Å². The minimum atomic E-state index is -2.24. The van der Waals surface area contributed by atoms with Crippen molar-refractivity contribution in [2.24, 2.45) is 0 Å². The van der Waals surface area contributed by atoms with Crippen molar-refractivity contribution in [3.63, 3.8) is 0 Å². The summed E-state index contributed by atoms with van der Waals surface area (Å²) in [5, 5.41) is 231. The number of aliphatic carboxylic acids is 1. The van der Waals surface area contributed by atoms with Gasteiger partial charge in [-0.1, -0.05) is 0 Å². The summed E-state index contributed by atoms with van der Waals surface area (Å²) >= 11 is 0.707. The van der Waals surface area contributed by atoms with E-state index in [1.54, 1.807) is 0 Å². The van der Waals surface area contributed by atoms with Crippen LogP contribution < -0.4 is 0 Å². The Balaban J connectivity index is 1.10. The Hall–Kier alpha value is -1.54. The minimum absolute atomic E-state index is 0.428. The molecule has 21 N–H and O–H groups in total. The maximum Gasteiger partial charge on any atom is 0.316 e. The molecule has 0 aromatic rings. The van der Waals surface area contributed by atoms with E-state index in [2.05, 4.69) is 0 Å². The fraction of sp³-hybridized carbons (Fsp3) is 0.978. The van der Waals surface area contributed by atoms with Crippen LogP contribution >= 0.6 is 11.8 Å². The average Bonchev–Trinajstić information content (AvgIpc) is 3.64. The van der Waals surface area contributed by atoms with Crippen molar-refractivity contribution in [1.82, 2.24) is 0 Å². The largest absolute Gasteiger partial charge is 0.480 e. The van der Waals surface area contributed by atoms with E-state index in [9.17, 15) is 112 Å². The first kappa shape index (κ1) is 66.4. The van der Waals surface area contributed by atoms with Crippen molar-refractivity contribution in [2.75, 3.05) is 45.4 Å². The van der Waals surface area contributed by atoms with Gasteiger partial charge in [0.1, 0.15) is 165 Å².